The van der Waals surface area contributed by atoms with Gasteiger partial charge in [0.25, 0.3) is 0 Å². The standard InChI is InChI=1S/C11H11ClF2O2/c1-6(3-4-15)9-7(13)5-8(16-2)10(12)11(9)14/h4-6H,3H2,1-2H3. The maximum absolute atomic E-state index is 13.7. The van der Waals surface area contributed by atoms with Gasteiger partial charge in [0.15, 0.2) is 5.82 Å². The van der Waals surface area contributed by atoms with Crippen molar-refractivity contribution in [1.82, 2.24) is 0 Å². The number of rotatable bonds is 4. The molecule has 1 atom stereocenters. The highest BCUT2D eigenvalue weighted by Crippen LogP contribution is 2.35. The molecule has 88 valence electrons. The Hall–Kier alpha value is -1.16. The van der Waals surface area contributed by atoms with Gasteiger partial charge in [-0.05, 0) is 5.92 Å². The molecule has 0 bridgehead atoms. The van der Waals surface area contributed by atoms with Crippen LogP contribution in [-0.2, 0) is 4.79 Å². The van der Waals surface area contributed by atoms with Crippen molar-refractivity contribution < 1.29 is 18.3 Å². The number of halogens is 3. The van der Waals surface area contributed by atoms with Gasteiger partial charge in [0.05, 0.1) is 7.11 Å². The van der Waals surface area contributed by atoms with E-state index in [-0.39, 0.29) is 22.8 Å². The molecular formula is C11H11ClF2O2. The monoisotopic (exact) mass is 248 g/mol. The molecule has 0 saturated carbocycles. The van der Waals surface area contributed by atoms with Crippen molar-refractivity contribution in [3.8, 4) is 5.75 Å². The van der Waals surface area contributed by atoms with Gasteiger partial charge in [-0.2, -0.15) is 0 Å². The van der Waals surface area contributed by atoms with Gasteiger partial charge in [-0.1, -0.05) is 18.5 Å². The fraction of sp³-hybridized carbons (Fsp3) is 0.364. The zero-order valence-corrected chi connectivity index (χ0v) is 9.65. The lowest BCUT2D eigenvalue weighted by Crippen LogP contribution is -2.04. The highest BCUT2D eigenvalue weighted by molar-refractivity contribution is 6.32. The van der Waals surface area contributed by atoms with Crippen LogP contribution in [0.1, 0.15) is 24.8 Å². The molecule has 1 unspecified atom stereocenters. The molecule has 0 N–H and O–H groups in total. The van der Waals surface area contributed by atoms with Crippen molar-refractivity contribution >= 4 is 17.9 Å². The van der Waals surface area contributed by atoms with E-state index in [9.17, 15) is 13.6 Å². The minimum atomic E-state index is -0.868. The topological polar surface area (TPSA) is 26.3 Å². The maximum Gasteiger partial charge on any atom is 0.151 e. The number of benzene rings is 1. The summed E-state index contributed by atoms with van der Waals surface area (Å²) in [7, 11) is 1.27. The molecule has 1 aromatic rings. The van der Waals surface area contributed by atoms with Crippen molar-refractivity contribution in [3.05, 3.63) is 28.3 Å². The molecule has 1 aromatic carbocycles. The van der Waals surface area contributed by atoms with E-state index in [1.807, 2.05) is 0 Å². The van der Waals surface area contributed by atoms with Gasteiger partial charge in [0, 0.05) is 18.1 Å². The number of carbonyl (C=O) groups is 1. The van der Waals surface area contributed by atoms with E-state index in [2.05, 4.69) is 0 Å². The van der Waals surface area contributed by atoms with E-state index in [0.717, 1.165) is 6.07 Å². The Morgan fingerprint density at radius 2 is 2.19 bits per heavy atom. The minimum absolute atomic E-state index is 0.0382. The summed E-state index contributed by atoms with van der Waals surface area (Å²) in [4.78, 5) is 10.3. The molecule has 0 aliphatic rings. The summed E-state index contributed by atoms with van der Waals surface area (Å²) in [6.07, 6.45) is 0.651. The van der Waals surface area contributed by atoms with Crippen LogP contribution in [-0.4, -0.2) is 13.4 Å². The van der Waals surface area contributed by atoms with Crippen LogP contribution in [0.2, 0.25) is 5.02 Å². The highest BCUT2D eigenvalue weighted by Gasteiger charge is 2.21. The third-order valence-corrected chi connectivity index (χ3v) is 2.68. The van der Waals surface area contributed by atoms with Crippen LogP contribution in [0, 0.1) is 11.6 Å². The van der Waals surface area contributed by atoms with E-state index in [4.69, 9.17) is 16.3 Å². The van der Waals surface area contributed by atoms with Gasteiger partial charge in [-0.15, -0.1) is 0 Å². The third-order valence-electron chi connectivity index (χ3n) is 2.32. The fourth-order valence-electron chi connectivity index (χ4n) is 1.45. The van der Waals surface area contributed by atoms with Crippen molar-refractivity contribution in [2.24, 2.45) is 0 Å². The van der Waals surface area contributed by atoms with Crippen LogP contribution in [0.5, 0.6) is 5.75 Å². The predicted molar refractivity (Wildman–Crippen MR) is 57.0 cm³/mol. The van der Waals surface area contributed by atoms with Gasteiger partial charge in [0.2, 0.25) is 0 Å². The minimum Gasteiger partial charge on any atom is -0.495 e. The lowest BCUT2D eigenvalue weighted by molar-refractivity contribution is -0.108. The summed E-state index contributed by atoms with van der Waals surface area (Å²) in [6, 6.07) is 1.02. The van der Waals surface area contributed by atoms with Gasteiger partial charge < -0.3 is 9.53 Å². The van der Waals surface area contributed by atoms with Crippen LogP contribution in [0.3, 0.4) is 0 Å². The molecule has 0 heterocycles. The first kappa shape index (κ1) is 12.9. The number of ether oxygens (including phenoxy) is 1. The lowest BCUT2D eigenvalue weighted by Gasteiger charge is -2.14. The van der Waals surface area contributed by atoms with Gasteiger partial charge in [0.1, 0.15) is 22.9 Å². The Labute approximate surface area is 97.2 Å². The van der Waals surface area contributed by atoms with Crippen molar-refractivity contribution in [1.29, 1.82) is 0 Å². The molecule has 0 spiro atoms. The molecule has 0 aromatic heterocycles. The molecule has 0 radical (unpaired) electrons. The van der Waals surface area contributed by atoms with E-state index in [1.54, 1.807) is 6.92 Å². The van der Waals surface area contributed by atoms with E-state index < -0.39 is 17.6 Å². The molecule has 0 fully saturated rings. The number of carbonyl (C=O) groups excluding carboxylic acids is 1. The average Bonchev–Trinajstić information content (AvgIpc) is 2.24. The summed E-state index contributed by atoms with van der Waals surface area (Å²) >= 11 is 5.66. The number of aldehydes is 1. The summed E-state index contributed by atoms with van der Waals surface area (Å²) in [5.41, 5.74) is -0.182. The number of hydrogen-bond donors (Lipinski definition) is 0. The fourth-order valence-corrected chi connectivity index (χ4v) is 1.68. The quantitative estimate of drug-likeness (QED) is 0.604. The van der Waals surface area contributed by atoms with Crippen molar-refractivity contribution in [3.63, 3.8) is 0 Å². The largest absolute Gasteiger partial charge is 0.495 e. The SMILES string of the molecule is COc1cc(F)c(C(C)CC=O)c(F)c1Cl. The van der Waals surface area contributed by atoms with Gasteiger partial charge >= 0.3 is 0 Å². The second-order valence-electron chi connectivity index (χ2n) is 3.41. The maximum atomic E-state index is 13.7. The van der Waals surface area contributed by atoms with E-state index in [1.165, 1.54) is 7.11 Å². The first-order valence-electron chi connectivity index (χ1n) is 4.67. The molecule has 1 rings (SSSR count). The first-order valence-corrected chi connectivity index (χ1v) is 5.05. The zero-order valence-electron chi connectivity index (χ0n) is 8.89. The second-order valence-corrected chi connectivity index (χ2v) is 3.78. The number of methoxy groups -OCH3 is 1. The Bertz CT molecular complexity index is 407. The molecule has 0 aliphatic carbocycles. The normalized spacial score (nSPS) is 12.3. The smallest absolute Gasteiger partial charge is 0.151 e. The molecule has 2 nitrogen and oxygen atoms in total. The molecule has 0 saturated heterocycles. The van der Waals surface area contributed by atoms with Crippen LogP contribution >= 0.6 is 11.6 Å². The molecule has 0 aliphatic heterocycles. The van der Waals surface area contributed by atoms with E-state index >= 15 is 0 Å². The Morgan fingerprint density at radius 3 is 2.69 bits per heavy atom. The van der Waals surface area contributed by atoms with Crippen molar-refractivity contribution in [2.45, 2.75) is 19.3 Å². The Kier molecular flexibility index (Phi) is 4.24. The molecule has 0 amide bonds. The van der Waals surface area contributed by atoms with Crippen LogP contribution in [0.4, 0.5) is 8.78 Å². The summed E-state index contributed by atoms with van der Waals surface area (Å²) in [5, 5.41) is -0.267. The molecule has 5 heteroatoms. The number of hydrogen-bond acceptors (Lipinski definition) is 2. The summed E-state index contributed by atoms with van der Waals surface area (Å²) < 4.78 is 32.0. The average molecular weight is 249 g/mol. The van der Waals surface area contributed by atoms with Crippen LogP contribution in [0.25, 0.3) is 0 Å². The van der Waals surface area contributed by atoms with Gasteiger partial charge in [-0.3, -0.25) is 0 Å². The molecule has 16 heavy (non-hydrogen) atoms. The van der Waals surface area contributed by atoms with Crippen LogP contribution in [0.15, 0.2) is 6.07 Å². The van der Waals surface area contributed by atoms with Crippen molar-refractivity contribution in [2.75, 3.05) is 7.11 Å². The molecular weight excluding hydrogens is 238 g/mol. The third kappa shape index (κ3) is 2.32. The van der Waals surface area contributed by atoms with E-state index in [0.29, 0.717) is 6.29 Å². The summed E-state index contributed by atoms with van der Waals surface area (Å²) in [5.74, 6) is -2.24. The zero-order chi connectivity index (χ0) is 12.3. The van der Waals surface area contributed by atoms with Gasteiger partial charge in [-0.25, -0.2) is 8.78 Å². The Balaban J connectivity index is 3.29. The lowest BCUT2D eigenvalue weighted by atomic mass is 9.97. The first-order chi connectivity index (χ1) is 7.52. The Morgan fingerprint density at radius 1 is 1.56 bits per heavy atom. The van der Waals surface area contributed by atoms with Crippen LogP contribution < -0.4 is 4.74 Å². The summed E-state index contributed by atoms with van der Waals surface area (Å²) in [6.45, 7) is 1.55. The predicted octanol–water partition coefficient (Wildman–Crippen LogP) is 3.32. The second kappa shape index (κ2) is 5.25. The highest BCUT2D eigenvalue weighted by atomic mass is 35.5.